The number of benzene rings is 1. The van der Waals surface area contributed by atoms with Gasteiger partial charge in [0.25, 0.3) is 0 Å². The lowest BCUT2D eigenvalue weighted by molar-refractivity contribution is 0.162. The number of fused-ring (bicyclic) bond motifs is 2. The fraction of sp³-hybridized carbons (Fsp3) is 0.684. The van der Waals surface area contributed by atoms with Gasteiger partial charge in [0.1, 0.15) is 0 Å². The Morgan fingerprint density at radius 2 is 2.00 bits per heavy atom. The van der Waals surface area contributed by atoms with Gasteiger partial charge in [0, 0.05) is 18.1 Å². The summed E-state index contributed by atoms with van der Waals surface area (Å²) in [6, 6.07) is 9.26. The zero-order chi connectivity index (χ0) is 14.2. The Hall–Kier alpha value is -0.860. The van der Waals surface area contributed by atoms with Gasteiger partial charge in [0.2, 0.25) is 0 Å². The molecule has 0 saturated carbocycles. The van der Waals surface area contributed by atoms with Gasteiger partial charge in [0.05, 0.1) is 0 Å². The van der Waals surface area contributed by atoms with Crippen LogP contribution in [0.15, 0.2) is 18.2 Å². The number of aryl methyl sites for hydroxylation is 2. The van der Waals surface area contributed by atoms with E-state index in [1.54, 1.807) is 11.1 Å². The number of rotatable bonds is 3. The summed E-state index contributed by atoms with van der Waals surface area (Å²) in [5, 5.41) is 3.91. The molecule has 114 valence electrons. The molecule has 1 aromatic rings. The highest BCUT2D eigenvalue weighted by Gasteiger charge is 2.32. The molecule has 1 aliphatic carbocycles. The number of hydrogen-bond donors (Lipinski definition) is 1. The van der Waals surface area contributed by atoms with Crippen molar-refractivity contribution < 1.29 is 0 Å². The molecule has 2 fully saturated rings. The second kappa shape index (κ2) is 5.73. The smallest absolute Gasteiger partial charge is 0.0294 e. The monoisotopic (exact) mass is 284 g/mol. The normalized spacial score (nSPS) is 30.1. The molecule has 3 aliphatic rings. The molecule has 3 unspecified atom stereocenters. The predicted octanol–water partition coefficient (Wildman–Crippen LogP) is 3.45. The molecule has 21 heavy (non-hydrogen) atoms. The van der Waals surface area contributed by atoms with E-state index in [2.05, 4.69) is 35.3 Å². The highest BCUT2D eigenvalue weighted by molar-refractivity contribution is 5.36. The molecule has 2 aliphatic heterocycles. The predicted molar refractivity (Wildman–Crippen MR) is 87.6 cm³/mol. The van der Waals surface area contributed by atoms with Gasteiger partial charge < -0.3 is 10.2 Å². The molecule has 0 radical (unpaired) electrons. The van der Waals surface area contributed by atoms with Crippen molar-refractivity contribution in [3.8, 4) is 0 Å². The summed E-state index contributed by atoms with van der Waals surface area (Å²) < 4.78 is 0. The van der Waals surface area contributed by atoms with Crippen LogP contribution in [0.25, 0.3) is 0 Å². The van der Waals surface area contributed by atoms with E-state index >= 15 is 0 Å². The Bertz CT molecular complexity index is 510. The second-order valence-corrected chi connectivity index (χ2v) is 7.32. The third-order valence-electron chi connectivity index (χ3n) is 5.93. The van der Waals surface area contributed by atoms with Gasteiger partial charge in [-0.05, 0) is 81.6 Å². The van der Waals surface area contributed by atoms with Gasteiger partial charge in [-0.15, -0.1) is 0 Å². The highest BCUT2D eigenvalue weighted by atomic mass is 15.2. The van der Waals surface area contributed by atoms with Crippen molar-refractivity contribution in [1.82, 2.24) is 10.2 Å². The van der Waals surface area contributed by atoms with E-state index in [1.807, 2.05) is 0 Å². The fourth-order valence-corrected chi connectivity index (χ4v) is 4.69. The number of piperidine rings is 1. The summed E-state index contributed by atoms with van der Waals surface area (Å²) in [4.78, 5) is 2.71. The third-order valence-corrected chi connectivity index (χ3v) is 5.93. The summed E-state index contributed by atoms with van der Waals surface area (Å²) >= 11 is 0. The average Bonchev–Trinajstić information content (AvgIpc) is 3.14. The summed E-state index contributed by atoms with van der Waals surface area (Å²) in [6.07, 6.45) is 9.44. The van der Waals surface area contributed by atoms with E-state index in [1.165, 1.54) is 63.6 Å². The first-order chi connectivity index (χ1) is 10.3. The lowest BCUT2D eigenvalue weighted by Crippen LogP contribution is -2.46. The first-order valence-electron chi connectivity index (χ1n) is 8.91. The maximum atomic E-state index is 3.91. The summed E-state index contributed by atoms with van der Waals surface area (Å²) in [6.45, 7) is 4.99. The minimum Gasteiger partial charge on any atom is -0.307 e. The summed E-state index contributed by atoms with van der Waals surface area (Å²) in [5.74, 6) is 0. The molecule has 2 nitrogen and oxygen atoms in total. The third kappa shape index (κ3) is 2.76. The first kappa shape index (κ1) is 13.8. The van der Waals surface area contributed by atoms with Crippen LogP contribution < -0.4 is 5.32 Å². The molecule has 1 N–H and O–H groups in total. The van der Waals surface area contributed by atoms with Gasteiger partial charge in [-0.2, -0.15) is 0 Å². The van der Waals surface area contributed by atoms with Gasteiger partial charge in [-0.1, -0.05) is 18.2 Å². The van der Waals surface area contributed by atoms with Crippen LogP contribution >= 0.6 is 0 Å². The van der Waals surface area contributed by atoms with Gasteiger partial charge in [0.15, 0.2) is 0 Å². The van der Waals surface area contributed by atoms with Crippen LogP contribution in [0.4, 0.5) is 0 Å². The summed E-state index contributed by atoms with van der Waals surface area (Å²) in [7, 11) is 0. The minimum absolute atomic E-state index is 0.494. The molecule has 0 spiro atoms. The van der Waals surface area contributed by atoms with E-state index in [0.717, 1.165) is 6.04 Å². The Labute approximate surface area is 128 Å². The molecule has 4 rings (SSSR count). The van der Waals surface area contributed by atoms with E-state index in [0.29, 0.717) is 12.1 Å². The van der Waals surface area contributed by atoms with Crippen LogP contribution in [0.5, 0.6) is 0 Å². The lowest BCUT2D eigenvalue weighted by atomic mass is 9.95. The SMILES string of the molecule is CC(NC1CCN2CCCC2C1)c1ccc2c(c1)CCC2. The molecule has 2 saturated heterocycles. The maximum absolute atomic E-state index is 3.91. The molecule has 3 atom stereocenters. The molecule has 2 heteroatoms. The second-order valence-electron chi connectivity index (χ2n) is 7.32. The number of nitrogens with one attached hydrogen (secondary N) is 1. The maximum Gasteiger partial charge on any atom is 0.0294 e. The van der Waals surface area contributed by atoms with Crippen molar-refractivity contribution in [3.63, 3.8) is 0 Å². The summed E-state index contributed by atoms with van der Waals surface area (Å²) in [5.41, 5.74) is 4.68. The zero-order valence-corrected chi connectivity index (χ0v) is 13.3. The Kier molecular flexibility index (Phi) is 3.76. The van der Waals surface area contributed by atoms with Crippen molar-refractivity contribution in [3.05, 3.63) is 34.9 Å². The lowest BCUT2D eigenvalue weighted by Gasteiger charge is -2.36. The highest BCUT2D eigenvalue weighted by Crippen LogP contribution is 2.29. The molecular weight excluding hydrogens is 256 g/mol. The van der Waals surface area contributed by atoms with E-state index in [-0.39, 0.29) is 0 Å². The van der Waals surface area contributed by atoms with Crippen molar-refractivity contribution >= 4 is 0 Å². The van der Waals surface area contributed by atoms with Crippen molar-refractivity contribution in [1.29, 1.82) is 0 Å². The van der Waals surface area contributed by atoms with Crippen LogP contribution in [-0.2, 0) is 12.8 Å². The van der Waals surface area contributed by atoms with Crippen LogP contribution in [0.2, 0.25) is 0 Å². The Morgan fingerprint density at radius 3 is 2.95 bits per heavy atom. The average molecular weight is 284 g/mol. The van der Waals surface area contributed by atoms with Crippen LogP contribution in [-0.4, -0.2) is 30.1 Å². The Balaban J connectivity index is 1.40. The van der Waals surface area contributed by atoms with Crippen LogP contribution in [0.1, 0.15) is 61.8 Å². The van der Waals surface area contributed by atoms with Crippen LogP contribution in [0.3, 0.4) is 0 Å². The van der Waals surface area contributed by atoms with Crippen LogP contribution in [0, 0.1) is 0 Å². The molecule has 1 aromatic carbocycles. The van der Waals surface area contributed by atoms with E-state index < -0.39 is 0 Å². The molecule has 0 bridgehead atoms. The molecule has 0 amide bonds. The fourth-order valence-electron chi connectivity index (χ4n) is 4.69. The van der Waals surface area contributed by atoms with Crippen molar-refractivity contribution in [2.45, 2.75) is 70.0 Å². The van der Waals surface area contributed by atoms with Crippen molar-refractivity contribution in [2.75, 3.05) is 13.1 Å². The molecular formula is C19H28N2. The van der Waals surface area contributed by atoms with Gasteiger partial charge in [-0.25, -0.2) is 0 Å². The van der Waals surface area contributed by atoms with Gasteiger partial charge >= 0.3 is 0 Å². The minimum atomic E-state index is 0.494. The first-order valence-corrected chi connectivity index (χ1v) is 8.91. The standard InChI is InChI=1S/C19H28N2/c1-14(16-8-7-15-4-2-5-17(15)12-16)20-18-9-11-21-10-3-6-19(21)13-18/h7-8,12,14,18-20H,2-6,9-11,13H2,1H3. The van der Waals surface area contributed by atoms with Crippen molar-refractivity contribution in [2.24, 2.45) is 0 Å². The molecule has 0 aromatic heterocycles. The van der Waals surface area contributed by atoms with E-state index in [4.69, 9.17) is 0 Å². The zero-order valence-electron chi connectivity index (χ0n) is 13.3. The number of nitrogens with zero attached hydrogens (tertiary/aromatic N) is 1. The Morgan fingerprint density at radius 1 is 1.10 bits per heavy atom. The molecule has 2 heterocycles. The van der Waals surface area contributed by atoms with E-state index in [9.17, 15) is 0 Å². The largest absolute Gasteiger partial charge is 0.307 e. The number of hydrogen-bond acceptors (Lipinski definition) is 2. The quantitative estimate of drug-likeness (QED) is 0.914. The topological polar surface area (TPSA) is 15.3 Å². The van der Waals surface area contributed by atoms with Gasteiger partial charge in [-0.3, -0.25) is 0 Å².